The molecule has 0 radical (unpaired) electrons. The SMILES string of the molecule is COC1CC2CCC(C1)N2c1nc(OC2CC3CC2CN3)nc2scc(-c3ccccc3)c12. The first-order valence-corrected chi connectivity index (χ1v) is 13.2. The molecule has 5 unspecified atom stereocenters. The van der Waals surface area contributed by atoms with Crippen molar-refractivity contribution < 1.29 is 9.47 Å². The van der Waals surface area contributed by atoms with Crippen molar-refractivity contribution >= 4 is 27.4 Å². The van der Waals surface area contributed by atoms with Crippen LogP contribution in [0.15, 0.2) is 35.7 Å². The Bertz CT molecular complexity index is 1150. The molecule has 1 aromatic carbocycles. The van der Waals surface area contributed by atoms with Gasteiger partial charge in [-0.05, 0) is 37.7 Å². The molecule has 4 bridgehead atoms. The molecule has 0 spiro atoms. The summed E-state index contributed by atoms with van der Waals surface area (Å²) in [6.07, 6.45) is 7.40. The first-order chi connectivity index (χ1) is 16.3. The number of thiophene rings is 1. The van der Waals surface area contributed by atoms with E-state index in [0.29, 0.717) is 36.2 Å². The summed E-state index contributed by atoms with van der Waals surface area (Å²) in [4.78, 5) is 13.7. The first-order valence-electron chi connectivity index (χ1n) is 12.3. The fraction of sp³-hybridized carbons (Fsp3) is 0.538. The zero-order chi connectivity index (χ0) is 21.9. The molecule has 3 aliphatic heterocycles. The number of aromatic nitrogens is 2. The number of fused-ring (bicyclic) bond motifs is 5. The minimum atomic E-state index is 0.228. The number of benzene rings is 1. The highest BCUT2D eigenvalue weighted by Crippen LogP contribution is 2.46. The standard InChI is InChI=1S/C26H30N4O2S/c1-31-20-11-18-7-8-19(12-20)30(18)24-23-21(15-5-3-2-4-6-15)14-33-25(23)29-26(28-24)32-22-10-17-9-16(22)13-27-17/h2-6,14,16-20,22,27H,7-13H2,1H3. The minimum Gasteiger partial charge on any atom is -0.460 e. The van der Waals surface area contributed by atoms with Gasteiger partial charge in [0.25, 0.3) is 0 Å². The van der Waals surface area contributed by atoms with E-state index in [2.05, 4.69) is 45.9 Å². The van der Waals surface area contributed by atoms with Crippen LogP contribution in [0.3, 0.4) is 0 Å². The molecule has 6 nitrogen and oxygen atoms in total. The summed E-state index contributed by atoms with van der Waals surface area (Å²) in [6.45, 7) is 1.05. The molecule has 1 aliphatic carbocycles. The molecule has 4 aliphatic rings. The zero-order valence-electron chi connectivity index (χ0n) is 18.9. The highest BCUT2D eigenvalue weighted by atomic mass is 32.1. The van der Waals surface area contributed by atoms with Gasteiger partial charge in [-0.1, -0.05) is 30.3 Å². The Morgan fingerprint density at radius 3 is 2.55 bits per heavy atom. The third-order valence-electron chi connectivity index (χ3n) is 8.30. The molecular weight excluding hydrogens is 432 g/mol. The van der Waals surface area contributed by atoms with Crippen molar-refractivity contribution in [2.24, 2.45) is 5.92 Å². The lowest BCUT2D eigenvalue weighted by atomic mass is 9.98. The molecule has 7 heteroatoms. The van der Waals surface area contributed by atoms with E-state index in [0.717, 1.165) is 36.5 Å². The van der Waals surface area contributed by atoms with E-state index in [1.54, 1.807) is 11.3 Å². The van der Waals surface area contributed by atoms with Gasteiger partial charge in [-0.15, -0.1) is 11.3 Å². The van der Waals surface area contributed by atoms with Crippen molar-refractivity contribution in [1.82, 2.24) is 15.3 Å². The fourth-order valence-corrected chi connectivity index (χ4v) is 7.64. The average Bonchev–Trinajstić information content (AvgIpc) is 3.62. The smallest absolute Gasteiger partial charge is 0.320 e. The second-order valence-corrected chi connectivity index (χ2v) is 11.0. The number of nitrogens with one attached hydrogen (secondary N) is 1. The Morgan fingerprint density at radius 2 is 1.85 bits per heavy atom. The van der Waals surface area contributed by atoms with Crippen LogP contribution in [0.4, 0.5) is 5.82 Å². The van der Waals surface area contributed by atoms with Crippen LogP contribution in [0.2, 0.25) is 0 Å². The van der Waals surface area contributed by atoms with Gasteiger partial charge in [-0.3, -0.25) is 0 Å². The Kier molecular flexibility index (Phi) is 4.85. The minimum absolute atomic E-state index is 0.228. The number of nitrogens with zero attached hydrogens (tertiary/aromatic N) is 3. The zero-order valence-corrected chi connectivity index (χ0v) is 19.8. The Hall–Kier alpha value is -2.22. The number of methoxy groups -OCH3 is 1. The molecule has 1 saturated carbocycles. The summed E-state index contributed by atoms with van der Waals surface area (Å²) in [5.41, 5.74) is 2.45. The first kappa shape index (κ1) is 20.2. The van der Waals surface area contributed by atoms with Crippen LogP contribution in [0.25, 0.3) is 21.3 Å². The maximum Gasteiger partial charge on any atom is 0.320 e. The van der Waals surface area contributed by atoms with Crippen LogP contribution in [-0.2, 0) is 4.74 Å². The molecule has 4 fully saturated rings. The van der Waals surface area contributed by atoms with Crippen molar-refractivity contribution in [3.05, 3.63) is 35.7 Å². The molecule has 5 atom stereocenters. The summed E-state index contributed by atoms with van der Waals surface area (Å²) < 4.78 is 12.3. The predicted molar refractivity (Wildman–Crippen MR) is 131 cm³/mol. The van der Waals surface area contributed by atoms with E-state index >= 15 is 0 Å². The maximum atomic E-state index is 6.49. The summed E-state index contributed by atoms with van der Waals surface area (Å²) in [5.74, 6) is 1.65. The van der Waals surface area contributed by atoms with Gasteiger partial charge < -0.3 is 19.7 Å². The number of hydrogen-bond acceptors (Lipinski definition) is 7. The lowest BCUT2D eigenvalue weighted by Gasteiger charge is -2.39. The highest BCUT2D eigenvalue weighted by Gasteiger charge is 2.44. The lowest BCUT2D eigenvalue weighted by Crippen LogP contribution is -2.46. The van der Waals surface area contributed by atoms with Gasteiger partial charge in [0.1, 0.15) is 16.8 Å². The summed E-state index contributed by atoms with van der Waals surface area (Å²) in [7, 11) is 1.85. The molecule has 0 amide bonds. The van der Waals surface area contributed by atoms with Gasteiger partial charge in [-0.25, -0.2) is 0 Å². The van der Waals surface area contributed by atoms with Crippen molar-refractivity contribution in [2.45, 2.75) is 68.9 Å². The Labute approximate surface area is 198 Å². The number of anilines is 1. The van der Waals surface area contributed by atoms with Crippen molar-refractivity contribution in [3.8, 4) is 17.1 Å². The van der Waals surface area contributed by atoms with Gasteiger partial charge in [0.05, 0.1) is 11.5 Å². The van der Waals surface area contributed by atoms with E-state index < -0.39 is 0 Å². The molecule has 1 N–H and O–H groups in total. The summed E-state index contributed by atoms with van der Waals surface area (Å²) >= 11 is 1.71. The van der Waals surface area contributed by atoms with Crippen LogP contribution >= 0.6 is 11.3 Å². The molecule has 2 aromatic heterocycles. The van der Waals surface area contributed by atoms with E-state index in [1.807, 2.05) is 7.11 Å². The van der Waals surface area contributed by atoms with Crippen LogP contribution in [0, 0.1) is 5.92 Å². The largest absolute Gasteiger partial charge is 0.460 e. The normalized spacial score (nSPS) is 32.7. The van der Waals surface area contributed by atoms with E-state index in [-0.39, 0.29) is 6.10 Å². The summed E-state index contributed by atoms with van der Waals surface area (Å²) in [6, 6.07) is 12.7. The lowest BCUT2D eigenvalue weighted by molar-refractivity contribution is 0.0682. The van der Waals surface area contributed by atoms with Gasteiger partial charge in [0.2, 0.25) is 0 Å². The second-order valence-electron chi connectivity index (χ2n) is 10.1. The molecule has 33 heavy (non-hydrogen) atoms. The predicted octanol–water partition coefficient (Wildman–Crippen LogP) is 4.63. The molecule has 3 saturated heterocycles. The van der Waals surface area contributed by atoms with E-state index in [1.165, 1.54) is 35.8 Å². The number of hydrogen-bond donors (Lipinski definition) is 1. The Balaban J connectivity index is 1.33. The summed E-state index contributed by atoms with van der Waals surface area (Å²) in [5, 5.41) is 7.00. The average molecular weight is 463 g/mol. The van der Waals surface area contributed by atoms with Crippen LogP contribution in [-0.4, -0.2) is 54.0 Å². The quantitative estimate of drug-likeness (QED) is 0.596. The molecular formula is C26H30N4O2S. The number of rotatable bonds is 5. The number of ether oxygens (including phenoxy) is 2. The van der Waals surface area contributed by atoms with Crippen LogP contribution in [0.5, 0.6) is 6.01 Å². The third-order valence-corrected chi connectivity index (χ3v) is 9.17. The highest BCUT2D eigenvalue weighted by molar-refractivity contribution is 7.17. The van der Waals surface area contributed by atoms with Crippen molar-refractivity contribution in [2.75, 3.05) is 18.6 Å². The van der Waals surface area contributed by atoms with Crippen LogP contribution < -0.4 is 15.0 Å². The molecule has 7 rings (SSSR count). The third kappa shape index (κ3) is 3.35. The van der Waals surface area contributed by atoms with Gasteiger partial charge in [0, 0.05) is 55.1 Å². The Morgan fingerprint density at radius 1 is 1.03 bits per heavy atom. The van der Waals surface area contributed by atoms with Gasteiger partial charge >= 0.3 is 6.01 Å². The molecule has 172 valence electrons. The van der Waals surface area contributed by atoms with Crippen molar-refractivity contribution in [1.29, 1.82) is 0 Å². The molecule has 5 heterocycles. The van der Waals surface area contributed by atoms with Gasteiger partial charge in [0.15, 0.2) is 0 Å². The van der Waals surface area contributed by atoms with E-state index in [4.69, 9.17) is 19.4 Å². The van der Waals surface area contributed by atoms with E-state index in [9.17, 15) is 0 Å². The van der Waals surface area contributed by atoms with Gasteiger partial charge in [-0.2, -0.15) is 9.97 Å². The van der Waals surface area contributed by atoms with Crippen LogP contribution in [0.1, 0.15) is 38.5 Å². The maximum absolute atomic E-state index is 6.49. The second kappa shape index (κ2) is 7.93. The van der Waals surface area contributed by atoms with Crippen molar-refractivity contribution in [3.63, 3.8) is 0 Å². The topological polar surface area (TPSA) is 59.5 Å². The fourth-order valence-electron chi connectivity index (χ4n) is 6.71. The number of piperidine rings is 2. The molecule has 3 aromatic rings. The monoisotopic (exact) mass is 462 g/mol.